The first-order valence-electron chi connectivity index (χ1n) is 12.9. The van der Waals surface area contributed by atoms with Crippen molar-refractivity contribution in [3.05, 3.63) is 0 Å². The number of carbonyl (C=O) groups excluding carboxylic acids is 5. The van der Waals surface area contributed by atoms with Crippen LogP contribution in [0, 0.1) is 11.8 Å². The zero-order valence-electron chi connectivity index (χ0n) is 22.5. The normalized spacial score (nSPS) is 19.6. The number of hydrogen-bond acceptors (Lipinski definition) is 6. The molecule has 1 rings (SSSR count). The van der Waals surface area contributed by atoms with E-state index in [2.05, 4.69) is 16.0 Å². The summed E-state index contributed by atoms with van der Waals surface area (Å²) in [5.74, 6) is -1.60. The van der Waals surface area contributed by atoms with E-state index in [1.54, 1.807) is 6.92 Å². The van der Waals surface area contributed by atoms with E-state index in [4.69, 9.17) is 4.74 Å². The van der Waals surface area contributed by atoms with Crippen molar-refractivity contribution >= 4 is 29.3 Å². The minimum absolute atomic E-state index is 0.0949. The van der Waals surface area contributed by atoms with Crippen molar-refractivity contribution in [2.24, 2.45) is 11.8 Å². The molecule has 0 radical (unpaired) electrons. The van der Waals surface area contributed by atoms with Crippen LogP contribution in [-0.2, 0) is 28.7 Å². The summed E-state index contributed by atoms with van der Waals surface area (Å²) in [7, 11) is 0. The summed E-state index contributed by atoms with van der Waals surface area (Å²) in [4.78, 5) is 63.2. The first-order chi connectivity index (χ1) is 16.3. The summed E-state index contributed by atoms with van der Waals surface area (Å²) in [5, 5.41) is 8.28. The number of amides is 3. The first kappa shape index (κ1) is 30.7. The molecule has 1 aliphatic rings. The number of ether oxygens (including phenoxy) is 1. The molecule has 1 aliphatic heterocycles. The molecule has 0 bridgehead atoms. The van der Waals surface area contributed by atoms with E-state index in [0.717, 1.165) is 19.3 Å². The van der Waals surface area contributed by atoms with Crippen molar-refractivity contribution in [2.45, 2.75) is 117 Å². The number of epoxide rings is 1. The topological polar surface area (TPSA) is 134 Å². The Labute approximate surface area is 209 Å². The number of hydrogen-bond donors (Lipinski definition) is 3. The second-order valence-electron chi connectivity index (χ2n) is 10.6. The molecule has 1 saturated heterocycles. The maximum atomic E-state index is 13.2. The largest absolute Gasteiger partial charge is 0.361 e. The van der Waals surface area contributed by atoms with Crippen LogP contribution in [-0.4, -0.2) is 59.6 Å². The van der Waals surface area contributed by atoms with Gasteiger partial charge in [0.25, 0.3) is 0 Å². The molecule has 200 valence electrons. The van der Waals surface area contributed by atoms with E-state index in [9.17, 15) is 24.0 Å². The standard InChI is InChI=1S/C26H45N3O6/c1-8-9-10-11-21(31)29-22(17(4)5)25(34)27-19(13-12-18(6)30)24(33)28-20(14-16(2)3)23(32)26(7)15-35-26/h16-17,19-20,22H,8-15H2,1-7H3,(H,27,34)(H,28,33)(H,29,31). The maximum Gasteiger partial charge on any atom is 0.243 e. The Morgan fingerprint density at radius 2 is 1.49 bits per heavy atom. The fraction of sp³-hybridized carbons (Fsp3) is 0.808. The maximum absolute atomic E-state index is 13.2. The average molecular weight is 496 g/mol. The summed E-state index contributed by atoms with van der Waals surface area (Å²) in [5.41, 5.74) is -0.893. The van der Waals surface area contributed by atoms with Gasteiger partial charge < -0.3 is 25.5 Å². The monoisotopic (exact) mass is 495 g/mol. The minimum atomic E-state index is -1.01. The van der Waals surface area contributed by atoms with Gasteiger partial charge in [-0.2, -0.15) is 0 Å². The average Bonchev–Trinajstić information content (AvgIpc) is 3.51. The molecule has 4 unspecified atom stereocenters. The molecule has 1 heterocycles. The van der Waals surface area contributed by atoms with Crippen LogP contribution < -0.4 is 16.0 Å². The number of carbonyl (C=O) groups is 5. The van der Waals surface area contributed by atoms with Gasteiger partial charge in [0.15, 0.2) is 5.78 Å². The summed E-state index contributed by atoms with van der Waals surface area (Å²) >= 11 is 0. The van der Waals surface area contributed by atoms with Crippen molar-refractivity contribution in [1.82, 2.24) is 16.0 Å². The van der Waals surface area contributed by atoms with E-state index >= 15 is 0 Å². The van der Waals surface area contributed by atoms with Crippen LogP contribution in [0.25, 0.3) is 0 Å². The molecule has 1 fully saturated rings. The molecule has 3 N–H and O–H groups in total. The van der Waals surface area contributed by atoms with Crippen molar-refractivity contribution in [2.75, 3.05) is 6.61 Å². The predicted octanol–water partition coefficient (Wildman–Crippen LogP) is 2.45. The number of nitrogens with one attached hydrogen (secondary N) is 3. The Kier molecular flexibility index (Phi) is 12.6. The highest BCUT2D eigenvalue weighted by atomic mass is 16.6. The number of rotatable bonds is 17. The predicted molar refractivity (Wildman–Crippen MR) is 134 cm³/mol. The van der Waals surface area contributed by atoms with Gasteiger partial charge in [-0.1, -0.05) is 47.5 Å². The zero-order valence-corrected chi connectivity index (χ0v) is 22.5. The zero-order chi connectivity index (χ0) is 26.8. The highest BCUT2D eigenvalue weighted by Gasteiger charge is 2.50. The van der Waals surface area contributed by atoms with Gasteiger partial charge in [-0.05, 0) is 44.9 Å². The third-order valence-electron chi connectivity index (χ3n) is 6.13. The van der Waals surface area contributed by atoms with E-state index in [-0.39, 0.29) is 42.2 Å². The molecule has 4 atom stereocenters. The van der Waals surface area contributed by atoms with Crippen LogP contribution in [0.2, 0.25) is 0 Å². The van der Waals surface area contributed by atoms with Gasteiger partial charge in [-0.3, -0.25) is 19.2 Å². The molecule has 0 saturated carbocycles. The van der Waals surface area contributed by atoms with E-state index < -0.39 is 35.5 Å². The molecule has 0 aliphatic carbocycles. The molecule has 0 aromatic carbocycles. The first-order valence-corrected chi connectivity index (χ1v) is 12.9. The molecule has 9 heteroatoms. The SMILES string of the molecule is CCCCCC(=O)NC(C(=O)NC(CCC(C)=O)C(=O)NC(CC(C)C)C(=O)C1(C)CO1)C(C)C. The van der Waals surface area contributed by atoms with E-state index in [1.165, 1.54) is 6.92 Å². The Hall–Kier alpha value is -2.29. The fourth-order valence-corrected chi connectivity index (χ4v) is 3.79. The Morgan fingerprint density at radius 3 is 1.97 bits per heavy atom. The van der Waals surface area contributed by atoms with Gasteiger partial charge in [-0.15, -0.1) is 0 Å². The third kappa shape index (κ3) is 10.9. The van der Waals surface area contributed by atoms with Crippen LogP contribution in [0.1, 0.15) is 93.4 Å². The molecule has 9 nitrogen and oxygen atoms in total. The highest BCUT2D eigenvalue weighted by Crippen LogP contribution is 2.29. The summed E-state index contributed by atoms with van der Waals surface area (Å²) < 4.78 is 5.28. The van der Waals surface area contributed by atoms with Gasteiger partial charge in [0.1, 0.15) is 23.5 Å². The number of ketones is 2. The van der Waals surface area contributed by atoms with Crippen LogP contribution in [0.3, 0.4) is 0 Å². The molecule has 0 aromatic heterocycles. The molecule has 3 amide bonds. The lowest BCUT2D eigenvalue weighted by Crippen LogP contribution is -2.57. The number of unbranched alkanes of at least 4 members (excludes halogenated alkanes) is 2. The molecule has 0 spiro atoms. The van der Waals surface area contributed by atoms with Crippen LogP contribution in [0.5, 0.6) is 0 Å². The van der Waals surface area contributed by atoms with Crippen molar-refractivity contribution in [3.63, 3.8) is 0 Å². The van der Waals surface area contributed by atoms with Gasteiger partial charge in [0.2, 0.25) is 17.7 Å². The van der Waals surface area contributed by atoms with Gasteiger partial charge in [0.05, 0.1) is 12.6 Å². The van der Waals surface area contributed by atoms with E-state index in [1.807, 2.05) is 34.6 Å². The van der Waals surface area contributed by atoms with Crippen molar-refractivity contribution < 1.29 is 28.7 Å². The van der Waals surface area contributed by atoms with Crippen LogP contribution >= 0.6 is 0 Å². The lowest BCUT2D eigenvalue weighted by Gasteiger charge is -2.27. The Bertz CT molecular complexity index is 760. The smallest absolute Gasteiger partial charge is 0.243 e. The molecule has 0 aromatic rings. The Morgan fingerprint density at radius 1 is 0.886 bits per heavy atom. The van der Waals surface area contributed by atoms with Crippen LogP contribution in [0.4, 0.5) is 0 Å². The Balaban J connectivity index is 2.95. The van der Waals surface area contributed by atoms with Crippen molar-refractivity contribution in [3.8, 4) is 0 Å². The van der Waals surface area contributed by atoms with Gasteiger partial charge in [-0.25, -0.2) is 0 Å². The lowest BCUT2D eigenvalue weighted by atomic mass is 9.93. The van der Waals surface area contributed by atoms with Crippen molar-refractivity contribution in [1.29, 1.82) is 0 Å². The minimum Gasteiger partial charge on any atom is -0.361 e. The summed E-state index contributed by atoms with van der Waals surface area (Å²) in [6.45, 7) is 13.0. The fourth-order valence-electron chi connectivity index (χ4n) is 3.79. The molecular weight excluding hydrogens is 450 g/mol. The van der Waals surface area contributed by atoms with Gasteiger partial charge >= 0.3 is 0 Å². The van der Waals surface area contributed by atoms with Gasteiger partial charge in [0, 0.05) is 12.8 Å². The quantitative estimate of drug-likeness (QED) is 0.210. The second kappa shape index (κ2) is 14.3. The third-order valence-corrected chi connectivity index (χ3v) is 6.13. The lowest BCUT2D eigenvalue weighted by molar-refractivity contribution is -0.135. The molecule has 35 heavy (non-hydrogen) atoms. The summed E-state index contributed by atoms with van der Waals surface area (Å²) in [6.07, 6.45) is 3.61. The second-order valence-corrected chi connectivity index (χ2v) is 10.6. The van der Waals surface area contributed by atoms with Crippen LogP contribution in [0.15, 0.2) is 0 Å². The summed E-state index contributed by atoms with van der Waals surface area (Å²) in [6, 6.07) is -2.59. The number of Topliss-reactive ketones (excluding diaryl/α,β-unsaturated/α-hetero) is 2. The van der Waals surface area contributed by atoms with E-state index in [0.29, 0.717) is 19.4 Å². The molecular formula is C26H45N3O6. The highest BCUT2D eigenvalue weighted by molar-refractivity contribution is 5.98.